The molecular formula is C53H44N2. The van der Waals surface area contributed by atoms with Gasteiger partial charge < -0.3 is 9.80 Å². The molecule has 0 atom stereocenters. The number of hydrogen-bond acceptors (Lipinski definition) is 2. The minimum absolute atomic E-state index is 0.724. The second-order valence-electron chi connectivity index (χ2n) is 16.2. The molecule has 2 aliphatic carbocycles. The third kappa shape index (κ3) is 5.79. The summed E-state index contributed by atoms with van der Waals surface area (Å²) in [7, 11) is 0. The van der Waals surface area contributed by atoms with Crippen LogP contribution in [0.15, 0.2) is 182 Å². The van der Waals surface area contributed by atoms with E-state index in [4.69, 9.17) is 0 Å². The molecule has 2 saturated heterocycles. The van der Waals surface area contributed by atoms with E-state index in [1.807, 2.05) is 0 Å². The molecule has 12 rings (SSSR count). The lowest BCUT2D eigenvalue weighted by Crippen LogP contribution is -2.58. The zero-order valence-corrected chi connectivity index (χ0v) is 31.1. The number of fused-ring (bicyclic) bond motifs is 2. The maximum absolute atomic E-state index is 2.80. The number of benzene rings is 8. The fraction of sp³-hybridized carbons (Fsp3) is 0.170. The van der Waals surface area contributed by atoms with Crippen molar-refractivity contribution in [1.29, 1.82) is 0 Å². The van der Waals surface area contributed by atoms with Gasteiger partial charge in [-0.2, -0.15) is 0 Å². The highest BCUT2D eigenvalue weighted by molar-refractivity contribution is 5.98. The van der Waals surface area contributed by atoms with Gasteiger partial charge in [-0.25, -0.2) is 0 Å². The molecule has 2 aliphatic heterocycles. The van der Waals surface area contributed by atoms with E-state index in [-0.39, 0.29) is 0 Å². The highest BCUT2D eigenvalue weighted by Crippen LogP contribution is 2.51. The summed E-state index contributed by atoms with van der Waals surface area (Å²) in [4.78, 5) is 5.19. The molecule has 0 aromatic heterocycles. The van der Waals surface area contributed by atoms with Gasteiger partial charge in [0.25, 0.3) is 0 Å². The molecule has 8 aromatic carbocycles. The Morgan fingerprint density at radius 3 is 1.31 bits per heavy atom. The molecule has 2 heterocycles. The second-order valence-corrected chi connectivity index (χ2v) is 16.2. The van der Waals surface area contributed by atoms with E-state index in [9.17, 15) is 0 Å². The van der Waals surface area contributed by atoms with Crippen LogP contribution in [-0.4, -0.2) is 12.1 Å². The summed E-state index contributed by atoms with van der Waals surface area (Å²) in [5.41, 5.74) is 12.3. The quantitative estimate of drug-likeness (QED) is 0.163. The molecule has 266 valence electrons. The first-order valence-electron chi connectivity index (χ1n) is 20.2. The minimum atomic E-state index is 0.724. The van der Waals surface area contributed by atoms with Crippen LogP contribution in [0.5, 0.6) is 0 Å². The molecule has 55 heavy (non-hydrogen) atoms. The Balaban J connectivity index is 0.948. The minimum Gasteiger partial charge on any atom is -0.366 e. The van der Waals surface area contributed by atoms with Gasteiger partial charge in [-0.05, 0) is 147 Å². The maximum Gasteiger partial charge on any atom is 0.0462 e. The van der Waals surface area contributed by atoms with Crippen molar-refractivity contribution in [3.8, 4) is 33.4 Å². The van der Waals surface area contributed by atoms with Crippen molar-refractivity contribution in [1.82, 2.24) is 0 Å². The van der Waals surface area contributed by atoms with E-state index < -0.39 is 0 Å². The zero-order valence-electron chi connectivity index (χ0n) is 31.1. The van der Waals surface area contributed by atoms with Crippen LogP contribution in [0.25, 0.3) is 54.9 Å². The molecule has 2 saturated carbocycles. The molecule has 0 N–H and O–H groups in total. The van der Waals surface area contributed by atoms with Gasteiger partial charge >= 0.3 is 0 Å². The largest absolute Gasteiger partial charge is 0.366 e. The van der Waals surface area contributed by atoms with Crippen LogP contribution < -0.4 is 9.80 Å². The van der Waals surface area contributed by atoms with Crippen LogP contribution in [0, 0.1) is 11.8 Å². The molecule has 4 aliphatic rings. The van der Waals surface area contributed by atoms with Gasteiger partial charge in [-0.3, -0.25) is 0 Å². The summed E-state index contributed by atoms with van der Waals surface area (Å²) in [5, 5.41) is 5.08. The summed E-state index contributed by atoms with van der Waals surface area (Å²) in [6.07, 6.45) is 7.01. The van der Waals surface area contributed by atoms with Gasteiger partial charge in [0.05, 0.1) is 0 Å². The van der Waals surface area contributed by atoms with Crippen molar-refractivity contribution in [2.45, 2.75) is 44.2 Å². The predicted octanol–water partition coefficient (Wildman–Crippen LogP) is 14.2. The van der Waals surface area contributed by atoms with Gasteiger partial charge in [-0.15, -0.1) is 0 Å². The smallest absolute Gasteiger partial charge is 0.0462 e. The summed E-state index contributed by atoms with van der Waals surface area (Å²) >= 11 is 0. The van der Waals surface area contributed by atoms with Gasteiger partial charge in [0.1, 0.15) is 0 Å². The molecule has 0 radical (unpaired) electrons. The van der Waals surface area contributed by atoms with Crippen molar-refractivity contribution in [3.05, 3.63) is 182 Å². The standard InChI is InChI=1S/C53H44N2/c1-3-14-50-39(8-1)10-6-16-52(50)41-20-26-45(27-21-41)54(46-28-22-42(23-29-46)53-17-7-11-40-9-2-4-15-51(40)53)44-24-18-38(19-25-44)43-12-5-13-47(35-43)55-48-31-36-30-37(33-48)34-49(55)32-36/h1-29,35-37,48-49H,30-34H2. The number of rotatable bonds is 7. The first kappa shape index (κ1) is 32.3. The van der Waals surface area contributed by atoms with E-state index in [2.05, 4.69) is 192 Å². The number of piperidine rings is 2. The highest BCUT2D eigenvalue weighted by atomic mass is 15.2. The van der Waals surface area contributed by atoms with Crippen LogP contribution in [0.1, 0.15) is 32.1 Å². The Morgan fingerprint density at radius 2 is 0.800 bits per heavy atom. The molecule has 0 spiro atoms. The van der Waals surface area contributed by atoms with Crippen molar-refractivity contribution in [3.63, 3.8) is 0 Å². The summed E-state index contributed by atoms with van der Waals surface area (Å²) < 4.78 is 0. The lowest BCUT2D eigenvalue weighted by molar-refractivity contribution is 0.0900. The van der Waals surface area contributed by atoms with Crippen LogP contribution in [0.3, 0.4) is 0 Å². The fourth-order valence-electron chi connectivity index (χ4n) is 10.6. The number of anilines is 4. The van der Waals surface area contributed by atoms with Crippen LogP contribution >= 0.6 is 0 Å². The highest BCUT2D eigenvalue weighted by Gasteiger charge is 2.46. The van der Waals surface area contributed by atoms with Gasteiger partial charge in [0.2, 0.25) is 0 Å². The van der Waals surface area contributed by atoms with Gasteiger partial charge in [0.15, 0.2) is 0 Å². The fourth-order valence-corrected chi connectivity index (χ4v) is 10.6. The third-order valence-electron chi connectivity index (χ3n) is 12.9. The number of hydrogen-bond donors (Lipinski definition) is 0. The Labute approximate surface area is 324 Å². The Morgan fingerprint density at radius 1 is 0.364 bits per heavy atom. The van der Waals surface area contributed by atoms with Crippen LogP contribution in [-0.2, 0) is 0 Å². The van der Waals surface area contributed by atoms with Crippen molar-refractivity contribution in [2.75, 3.05) is 9.80 Å². The van der Waals surface area contributed by atoms with Crippen LogP contribution in [0.4, 0.5) is 22.7 Å². The predicted molar refractivity (Wildman–Crippen MR) is 233 cm³/mol. The van der Waals surface area contributed by atoms with E-state index >= 15 is 0 Å². The van der Waals surface area contributed by atoms with Crippen molar-refractivity contribution in [2.24, 2.45) is 11.8 Å². The normalized spacial score (nSPS) is 20.0. The first-order valence-corrected chi connectivity index (χ1v) is 20.2. The van der Waals surface area contributed by atoms with E-state index in [1.165, 1.54) is 92.7 Å². The van der Waals surface area contributed by atoms with Gasteiger partial charge in [0, 0.05) is 34.8 Å². The van der Waals surface area contributed by atoms with Crippen molar-refractivity contribution >= 4 is 44.3 Å². The molecule has 0 unspecified atom stereocenters. The number of nitrogens with zero attached hydrogens (tertiary/aromatic N) is 2. The first-order chi connectivity index (χ1) is 27.2. The monoisotopic (exact) mass is 708 g/mol. The Bertz CT molecular complexity index is 2490. The molecule has 4 bridgehead atoms. The molecule has 0 amide bonds. The second kappa shape index (κ2) is 13.3. The van der Waals surface area contributed by atoms with E-state index in [0.717, 1.165) is 41.0 Å². The van der Waals surface area contributed by atoms with Gasteiger partial charge in [-0.1, -0.05) is 133 Å². The molecule has 4 fully saturated rings. The molecular weight excluding hydrogens is 665 g/mol. The summed E-state index contributed by atoms with van der Waals surface area (Å²) in [6, 6.07) is 68.7. The van der Waals surface area contributed by atoms with Crippen LogP contribution in [0.2, 0.25) is 0 Å². The maximum atomic E-state index is 2.80. The third-order valence-corrected chi connectivity index (χ3v) is 12.9. The molecule has 2 heteroatoms. The molecule has 2 nitrogen and oxygen atoms in total. The summed E-state index contributed by atoms with van der Waals surface area (Å²) in [5.74, 6) is 1.92. The SMILES string of the molecule is c1cc(-c2ccc(N(c3ccc(-c4cccc5ccccc45)cc3)c3ccc(-c4cccc5ccccc45)cc3)cc2)cc(N2C3CC4CC(C3)CC2C4)c1. The lowest BCUT2D eigenvalue weighted by atomic mass is 9.63. The summed E-state index contributed by atoms with van der Waals surface area (Å²) in [6.45, 7) is 0. The average Bonchev–Trinajstić information content (AvgIpc) is 3.24. The average molecular weight is 709 g/mol. The Hall–Kier alpha value is -6.12. The lowest BCUT2D eigenvalue weighted by Gasteiger charge is -2.57. The zero-order chi connectivity index (χ0) is 36.3. The molecule has 8 aromatic rings. The van der Waals surface area contributed by atoms with E-state index in [0.29, 0.717) is 0 Å². The topological polar surface area (TPSA) is 6.48 Å². The Kier molecular flexibility index (Phi) is 7.83. The van der Waals surface area contributed by atoms with E-state index in [1.54, 1.807) is 0 Å². The van der Waals surface area contributed by atoms with Crippen molar-refractivity contribution < 1.29 is 0 Å².